The first-order valence-electron chi connectivity index (χ1n) is 5.59. The third-order valence-electron chi connectivity index (χ3n) is 3.01. The molecule has 1 nitrogen and oxygen atoms in total. The summed E-state index contributed by atoms with van der Waals surface area (Å²) < 4.78 is 1.43. The number of fused-ring (bicyclic) bond motifs is 1. The second-order valence-electron chi connectivity index (χ2n) is 4.33. The van der Waals surface area contributed by atoms with Crippen molar-refractivity contribution in [1.82, 2.24) is 0 Å². The molecule has 2 aromatic rings. The topological polar surface area (TPSA) is 26.0 Å². The maximum absolute atomic E-state index is 5.57. The molecule has 0 aliphatic heterocycles. The van der Waals surface area contributed by atoms with Gasteiger partial charge in [-0.25, -0.2) is 0 Å². The SMILES string of the molecule is NCCc1ccc2sc(C3CC3)cc2c1. The van der Waals surface area contributed by atoms with Gasteiger partial charge in [-0.2, -0.15) is 0 Å². The van der Waals surface area contributed by atoms with Crippen molar-refractivity contribution in [2.75, 3.05) is 6.54 Å². The van der Waals surface area contributed by atoms with E-state index < -0.39 is 0 Å². The van der Waals surface area contributed by atoms with Crippen molar-refractivity contribution >= 4 is 21.4 Å². The van der Waals surface area contributed by atoms with Crippen molar-refractivity contribution in [2.45, 2.75) is 25.2 Å². The third kappa shape index (κ3) is 1.80. The highest BCUT2D eigenvalue weighted by molar-refractivity contribution is 7.19. The van der Waals surface area contributed by atoms with Crippen molar-refractivity contribution in [1.29, 1.82) is 0 Å². The van der Waals surface area contributed by atoms with Crippen LogP contribution in [0.25, 0.3) is 10.1 Å². The van der Waals surface area contributed by atoms with E-state index in [0.717, 1.165) is 18.9 Å². The van der Waals surface area contributed by atoms with Gasteiger partial charge in [-0.1, -0.05) is 12.1 Å². The Morgan fingerprint density at radius 2 is 2.13 bits per heavy atom. The molecule has 1 heterocycles. The number of thiophene rings is 1. The van der Waals surface area contributed by atoms with Gasteiger partial charge in [0.05, 0.1) is 0 Å². The minimum Gasteiger partial charge on any atom is -0.330 e. The summed E-state index contributed by atoms with van der Waals surface area (Å²) in [6.07, 6.45) is 3.77. The van der Waals surface area contributed by atoms with E-state index in [2.05, 4.69) is 24.3 Å². The fourth-order valence-electron chi connectivity index (χ4n) is 2.00. The van der Waals surface area contributed by atoms with Crippen LogP contribution in [0.1, 0.15) is 29.2 Å². The Hall–Kier alpha value is -0.860. The standard InChI is InChI=1S/C13H15NS/c14-6-5-9-1-4-12-11(7-9)8-13(15-12)10-2-3-10/h1,4,7-8,10H,2-3,5-6,14H2. The third-order valence-corrected chi connectivity index (χ3v) is 4.29. The van der Waals surface area contributed by atoms with Crippen molar-refractivity contribution in [2.24, 2.45) is 5.73 Å². The Labute approximate surface area is 93.9 Å². The van der Waals surface area contributed by atoms with Crippen LogP contribution in [0.5, 0.6) is 0 Å². The van der Waals surface area contributed by atoms with Gasteiger partial charge < -0.3 is 5.73 Å². The first-order valence-corrected chi connectivity index (χ1v) is 6.41. The van der Waals surface area contributed by atoms with Gasteiger partial charge >= 0.3 is 0 Å². The van der Waals surface area contributed by atoms with Crippen molar-refractivity contribution in [3.8, 4) is 0 Å². The van der Waals surface area contributed by atoms with Crippen LogP contribution in [0.4, 0.5) is 0 Å². The van der Waals surface area contributed by atoms with E-state index in [1.54, 1.807) is 4.88 Å². The number of hydrogen-bond acceptors (Lipinski definition) is 2. The fourth-order valence-corrected chi connectivity index (χ4v) is 3.22. The second-order valence-corrected chi connectivity index (χ2v) is 5.45. The zero-order valence-electron chi connectivity index (χ0n) is 8.70. The summed E-state index contributed by atoms with van der Waals surface area (Å²) in [6.45, 7) is 0.741. The summed E-state index contributed by atoms with van der Waals surface area (Å²) >= 11 is 1.96. The lowest BCUT2D eigenvalue weighted by Gasteiger charge is -1.97. The summed E-state index contributed by atoms with van der Waals surface area (Å²) in [5, 5.41) is 1.41. The lowest BCUT2D eigenvalue weighted by molar-refractivity contribution is 0.971. The van der Waals surface area contributed by atoms with Gasteiger partial charge in [0, 0.05) is 9.58 Å². The zero-order valence-corrected chi connectivity index (χ0v) is 9.52. The predicted molar refractivity (Wildman–Crippen MR) is 66.6 cm³/mol. The molecule has 1 aromatic carbocycles. The molecule has 1 saturated carbocycles. The Bertz CT molecular complexity index is 482. The highest BCUT2D eigenvalue weighted by Crippen LogP contribution is 2.45. The summed E-state index contributed by atoms with van der Waals surface area (Å²) in [5.74, 6) is 0.875. The van der Waals surface area contributed by atoms with E-state index in [1.807, 2.05) is 11.3 Å². The number of hydrogen-bond donors (Lipinski definition) is 1. The van der Waals surface area contributed by atoms with Gasteiger partial charge in [0.15, 0.2) is 0 Å². The van der Waals surface area contributed by atoms with E-state index in [9.17, 15) is 0 Å². The molecule has 0 radical (unpaired) electrons. The second kappa shape index (κ2) is 3.62. The van der Waals surface area contributed by atoms with Crippen LogP contribution < -0.4 is 5.73 Å². The van der Waals surface area contributed by atoms with Crippen LogP contribution in [-0.4, -0.2) is 6.54 Å². The van der Waals surface area contributed by atoms with Crippen LogP contribution >= 0.6 is 11.3 Å². The zero-order chi connectivity index (χ0) is 10.3. The Kier molecular flexibility index (Phi) is 2.26. The Morgan fingerprint density at radius 1 is 1.27 bits per heavy atom. The van der Waals surface area contributed by atoms with Crippen LogP contribution in [0.2, 0.25) is 0 Å². The summed E-state index contributed by atoms with van der Waals surface area (Å²) in [4.78, 5) is 1.58. The molecule has 2 N–H and O–H groups in total. The van der Waals surface area contributed by atoms with Crippen molar-refractivity contribution in [3.05, 3.63) is 34.7 Å². The van der Waals surface area contributed by atoms with Crippen LogP contribution in [0.3, 0.4) is 0 Å². The van der Waals surface area contributed by atoms with Gasteiger partial charge in [-0.05, 0) is 54.8 Å². The molecule has 3 rings (SSSR count). The number of rotatable bonds is 3. The lowest BCUT2D eigenvalue weighted by atomic mass is 10.1. The fraction of sp³-hybridized carbons (Fsp3) is 0.385. The van der Waals surface area contributed by atoms with E-state index in [1.165, 1.54) is 28.5 Å². The van der Waals surface area contributed by atoms with E-state index >= 15 is 0 Å². The average Bonchev–Trinajstić information content (AvgIpc) is 2.99. The minimum absolute atomic E-state index is 0.741. The van der Waals surface area contributed by atoms with Gasteiger partial charge in [-0.3, -0.25) is 0 Å². The van der Waals surface area contributed by atoms with E-state index in [0.29, 0.717) is 0 Å². The summed E-state index contributed by atoms with van der Waals surface area (Å²) in [7, 11) is 0. The van der Waals surface area contributed by atoms with Gasteiger partial charge in [0.1, 0.15) is 0 Å². The molecule has 0 unspecified atom stereocenters. The highest BCUT2D eigenvalue weighted by Gasteiger charge is 2.25. The first kappa shape index (κ1) is 9.37. The molecular formula is C13H15NS. The molecule has 0 atom stereocenters. The quantitative estimate of drug-likeness (QED) is 0.839. The molecule has 78 valence electrons. The van der Waals surface area contributed by atoms with E-state index in [-0.39, 0.29) is 0 Å². The molecule has 0 saturated heterocycles. The molecule has 15 heavy (non-hydrogen) atoms. The average molecular weight is 217 g/mol. The Morgan fingerprint density at radius 3 is 2.87 bits per heavy atom. The molecule has 0 spiro atoms. The monoisotopic (exact) mass is 217 g/mol. The molecule has 2 heteroatoms. The predicted octanol–water partition coefficient (Wildman–Crippen LogP) is 3.28. The van der Waals surface area contributed by atoms with Gasteiger partial charge in [0.25, 0.3) is 0 Å². The molecule has 1 aliphatic carbocycles. The Balaban J connectivity index is 2.02. The van der Waals surface area contributed by atoms with Crippen molar-refractivity contribution in [3.63, 3.8) is 0 Å². The van der Waals surface area contributed by atoms with Gasteiger partial charge in [0.2, 0.25) is 0 Å². The highest BCUT2D eigenvalue weighted by atomic mass is 32.1. The maximum atomic E-state index is 5.57. The summed E-state index contributed by atoms with van der Waals surface area (Å²) in [5.41, 5.74) is 6.94. The minimum atomic E-state index is 0.741. The lowest BCUT2D eigenvalue weighted by Crippen LogP contribution is -2.02. The maximum Gasteiger partial charge on any atom is 0.0345 e. The molecule has 0 amide bonds. The molecule has 1 fully saturated rings. The number of nitrogens with two attached hydrogens (primary N) is 1. The summed E-state index contributed by atoms with van der Waals surface area (Å²) in [6, 6.07) is 9.13. The van der Waals surface area contributed by atoms with E-state index in [4.69, 9.17) is 5.73 Å². The van der Waals surface area contributed by atoms with Crippen LogP contribution in [0.15, 0.2) is 24.3 Å². The molecule has 0 bridgehead atoms. The van der Waals surface area contributed by atoms with Crippen LogP contribution in [0, 0.1) is 0 Å². The van der Waals surface area contributed by atoms with Crippen molar-refractivity contribution < 1.29 is 0 Å². The normalized spacial score (nSPS) is 16.1. The van der Waals surface area contributed by atoms with Gasteiger partial charge in [-0.15, -0.1) is 11.3 Å². The van der Waals surface area contributed by atoms with Crippen LogP contribution in [-0.2, 0) is 6.42 Å². The molecule has 1 aromatic heterocycles. The number of benzene rings is 1. The largest absolute Gasteiger partial charge is 0.330 e. The smallest absolute Gasteiger partial charge is 0.0345 e. The molecular weight excluding hydrogens is 202 g/mol. The first-order chi connectivity index (χ1) is 7.36. The molecule has 1 aliphatic rings.